The van der Waals surface area contributed by atoms with Crippen molar-refractivity contribution in [3.8, 4) is 21.8 Å². The van der Waals surface area contributed by atoms with Crippen molar-refractivity contribution >= 4 is 11.3 Å². The van der Waals surface area contributed by atoms with Crippen LogP contribution in [0, 0.1) is 0 Å². The highest BCUT2D eigenvalue weighted by Gasteiger charge is 2.10. The zero-order valence-corrected chi connectivity index (χ0v) is 9.37. The molecule has 0 saturated heterocycles. The van der Waals surface area contributed by atoms with E-state index in [1.165, 1.54) is 4.88 Å². The lowest BCUT2D eigenvalue weighted by Crippen LogP contribution is -1.80. The second-order valence-corrected chi connectivity index (χ2v) is 4.42. The van der Waals surface area contributed by atoms with Crippen LogP contribution in [0.25, 0.3) is 21.8 Å². The molecule has 1 aromatic carbocycles. The lowest BCUT2D eigenvalue weighted by molar-refractivity contribution is 1.32. The fourth-order valence-electron chi connectivity index (χ4n) is 1.72. The minimum absolute atomic E-state index is 1.02. The third-order valence-electron chi connectivity index (χ3n) is 2.45. The summed E-state index contributed by atoms with van der Waals surface area (Å²) in [6, 6.07) is 14.4. The Hall–Kier alpha value is -1.87. The molecule has 1 N–H and O–H groups in total. The summed E-state index contributed by atoms with van der Waals surface area (Å²) >= 11 is 1.72. The van der Waals surface area contributed by atoms with Crippen LogP contribution in [0.15, 0.2) is 54.2 Å². The molecule has 2 nitrogen and oxygen atoms in total. The number of H-pyrrole nitrogens is 1. The molecule has 2 aromatic heterocycles. The van der Waals surface area contributed by atoms with Crippen molar-refractivity contribution in [2.45, 2.75) is 0 Å². The predicted molar refractivity (Wildman–Crippen MR) is 67.3 cm³/mol. The second kappa shape index (κ2) is 3.94. The predicted octanol–water partition coefficient (Wildman–Crippen LogP) is 3.81. The Kier molecular flexibility index (Phi) is 2.31. The van der Waals surface area contributed by atoms with Crippen LogP contribution < -0.4 is 0 Å². The van der Waals surface area contributed by atoms with E-state index in [2.05, 4.69) is 39.6 Å². The van der Waals surface area contributed by atoms with Gasteiger partial charge in [-0.2, -0.15) is 0 Å². The van der Waals surface area contributed by atoms with E-state index in [9.17, 15) is 0 Å². The molecular formula is C13H10N2S. The average Bonchev–Trinajstić information content (AvgIpc) is 3.01. The van der Waals surface area contributed by atoms with Crippen molar-refractivity contribution in [3.05, 3.63) is 54.2 Å². The molecule has 0 aliphatic carbocycles. The monoisotopic (exact) mass is 226 g/mol. The Morgan fingerprint density at radius 3 is 2.62 bits per heavy atom. The Balaban J connectivity index is 2.14. The van der Waals surface area contributed by atoms with Crippen molar-refractivity contribution in [3.63, 3.8) is 0 Å². The maximum atomic E-state index is 4.39. The van der Waals surface area contributed by atoms with Gasteiger partial charge in [-0.1, -0.05) is 36.4 Å². The van der Waals surface area contributed by atoms with Gasteiger partial charge in [-0.05, 0) is 11.4 Å². The van der Waals surface area contributed by atoms with Crippen LogP contribution in [-0.2, 0) is 0 Å². The van der Waals surface area contributed by atoms with Gasteiger partial charge >= 0.3 is 0 Å². The molecule has 0 unspecified atom stereocenters. The van der Waals surface area contributed by atoms with Gasteiger partial charge in [0.1, 0.15) is 0 Å². The highest BCUT2D eigenvalue weighted by molar-refractivity contribution is 7.13. The maximum absolute atomic E-state index is 4.39. The van der Waals surface area contributed by atoms with E-state index in [0.717, 1.165) is 17.0 Å². The first-order chi connectivity index (χ1) is 7.95. The number of imidazole rings is 1. The number of nitrogens with one attached hydrogen (secondary N) is 1. The summed E-state index contributed by atoms with van der Waals surface area (Å²) in [5.74, 6) is 0. The van der Waals surface area contributed by atoms with Crippen LogP contribution in [0.1, 0.15) is 0 Å². The summed E-state index contributed by atoms with van der Waals surface area (Å²) in [4.78, 5) is 8.82. The molecule has 3 rings (SSSR count). The number of hydrogen-bond donors (Lipinski definition) is 1. The number of benzene rings is 1. The number of aromatic amines is 1. The van der Waals surface area contributed by atoms with E-state index in [0.29, 0.717) is 0 Å². The van der Waals surface area contributed by atoms with Crippen molar-refractivity contribution in [2.24, 2.45) is 0 Å². The van der Waals surface area contributed by atoms with Crippen molar-refractivity contribution in [2.75, 3.05) is 0 Å². The van der Waals surface area contributed by atoms with Gasteiger partial charge in [0, 0.05) is 5.56 Å². The van der Waals surface area contributed by atoms with Gasteiger partial charge in [-0.15, -0.1) is 11.3 Å². The van der Waals surface area contributed by atoms with Gasteiger partial charge in [0.2, 0.25) is 0 Å². The van der Waals surface area contributed by atoms with E-state index in [1.807, 2.05) is 18.2 Å². The molecule has 0 saturated carbocycles. The molecule has 0 aliphatic heterocycles. The van der Waals surface area contributed by atoms with Gasteiger partial charge in [0.15, 0.2) is 0 Å². The third-order valence-corrected chi connectivity index (χ3v) is 3.34. The molecule has 0 bridgehead atoms. The quantitative estimate of drug-likeness (QED) is 0.707. The van der Waals surface area contributed by atoms with Gasteiger partial charge < -0.3 is 4.98 Å². The molecule has 0 atom stereocenters. The van der Waals surface area contributed by atoms with E-state index in [1.54, 1.807) is 17.7 Å². The van der Waals surface area contributed by atoms with Crippen LogP contribution in [0.4, 0.5) is 0 Å². The first kappa shape index (κ1) is 9.36. The standard InChI is InChI=1S/C13H10N2S/c1-2-5-10(6-3-1)12-13(15-9-14-12)11-7-4-8-16-11/h1-9H,(H,14,15). The number of thiophene rings is 1. The van der Waals surface area contributed by atoms with E-state index < -0.39 is 0 Å². The number of nitrogens with zero attached hydrogens (tertiary/aromatic N) is 1. The van der Waals surface area contributed by atoms with E-state index in [-0.39, 0.29) is 0 Å². The van der Waals surface area contributed by atoms with E-state index in [4.69, 9.17) is 0 Å². The van der Waals surface area contributed by atoms with Crippen molar-refractivity contribution < 1.29 is 0 Å². The van der Waals surface area contributed by atoms with Crippen LogP contribution >= 0.6 is 11.3 Å². The van der Waals surface area contributed by atoms with Crippen LogP contribution in [0.2, 0.25) is 0 Å². The molecular weight excluding hydrogens is 216 g/mol. The Bertz CT molecular complexity index is 567. The summed E-state index contributed by atoms with van der Waals surface area (Å²) in [6.07, 6.45) is 1.75. The first-order valence-corrected chi connectivity index (χ1v) is 5.96. The van der Waals surface area contributed by atoms with Crippen molar-refractivity contribution in [1.82, 2.24) is 9.97 Å². The minimum atomic E-state index is 1.02. The maximum Gasteiger partial charge on any atom is 0.0969 e. The Morgan fingerprint density at radius 1 is 1.00 bits per heavy atom. The SMILES string of the molecule is c1ccc(-c2nc[nH]c2-c2cccs2)cc1. The highest BCUT2D eigenvalue weighted by atomic mass is 32.1. The van der Waals surface area contributed by atoms with Gasteiger partial charge in [-0.3, -0.25) is 0 Å². The first-order valence-electron chi connectivity index (χ1n) is 5.08. The topological polar surface area (TPSA) is 28.7 Å². The molecule has 0 aliphatic rings. The molecule has 2 heterocycles. The van der Waals surface area contributed by atoms with Crippen LogP contribution in [0.3, 0.4) is 0 Å². The number of aromatic nitrogens is 2. The number of rotatable bonds is 2. The van der Waals surface area contributed by atoms with E-state index >= 15 is 0 Å². The minimum Gasteiger partial charge on any atom is -0.343 e. The molecule has 3 heteroatoms. The zero-order chi connectivity index (χ0) is 10.8. The summed E-state index contributed by atoms with van der Waals surface area (Å²) in [7, 11) is 0. The summed E-state index contributed by atoms with van der Waals surface area (Å²) in [6.45, 7) is 0. The van der Waals surface area contributed by atoms with Crippen molar-refractivity contribution in [1.29, 1.82) is 0 Å². The second-order valence-electron chi connectivity index (χ2n) is 3.47. The van der Waals surface area contributed by atoms with Gasteiger partial charge in [-0.25, -0.2) is 4.98 Å². The molecule has 3 aromatic rings. The molecule has 0 amide bonds. The average molecular weight is 226 g/mol. The summed E-state index contributed by atoms with van der Waals surface area (Å²) < 4.78 is 0. The molecule has 16 heavy (non-hydrogen) atoms. The summed E-state index contributed by atoms with van der Waals surface area (Å²) in [5.41, 5.74) is 3.26. The lowest BCUT2D eigenvalue weighted by atomic mass is 10.1. The molecule has 0 radical (unpaired) electrons. The fourth-order valence-corrected chi connectivity index (χ4v) is 2.45. The largest absolute Gasteiger partial charge is 0.343 e. The Morgan fingerprint density at radius 2 is 1.88 bits per heavy atom. The highest BCUT2D eigenvalue weighted by Crippen LogP contribution is 2.31. The third kappa shape index (κ3) is 1.55. The van der Waals surface area contributed by atoms with Gasteiger partial charge in [0.05, 0.1) is 22.6 Å². The zero-order valence-electron chi connectivity index (χ0n) is 8.55. The molecule has 78 valence electrons. The summed E-state index contributed by atoms with van der Waals surface area (Å²) in [5, 5.41) is 2.07. The normalized spacial score (nSPS) is 10.5. The molecule has 0 spiro atoms. The Labute approximate surface area is 97.6 Å². The lowest BCUT2D eigenvalue weighted by Gasteiger charge is -1.99. The smallest absolute Gasteiger partial charge is 0.0969 e. The van der Waals surface area contributed by atoms with Gasteiger partial charge in [0.25, 0.3) is 0 Å². The van der Waals surface area contributed by atoms with Crippen LogP contribution in [-0.4, -0.2) is 9.97 Å². The molecule has 0 fully saturated rings. The van der Waals surface area contributed by atoms with Crippen LogP contribution in [0.5, 0.6) is 0 Å². The fraction of sp³-hybridized carbons (Fsp3) is 0. The number of hydrogen-bond acceptors (Lipinski definition) is 2.